The van der Waals surface area contributed by atoms with Crippen LogP contribution in [0.4, 0.5) is 4.39 Å². The number of rotatable bonds is 13. The maximum absolute atomic E-state index is 14.9. The normalized spacial score (nSPS) is 13.5. The molecule has 2 aromatic carbocycles. The highest BCUT2D eigenvalue weighted by Gasteiger charge is 2.42. The molecule has 0 bridgehead atoms. The van der Waals surface area contributed by atoms with Gasteiger partial charge < -0.3 is 14.4 Å². The summed E-state index contributed by atoms with van der Waals surface area (Å²) in [6.45, 7) is 3.69. The van der Waals surface area contributed by atoms with Gasteiger partial charge in [0.2, 0.25) is 0 Å². The Balaban J connectivity index is 1.81. The molecule has 0 radical (unpaired) electrons. The van der Waals surface area contributed by atoms with Gasteiger partial charge in [-0.15, -0.1) is 0 Å². The number of carbonyl (C=O) groups is 1. The van der Waals surface area contributed by atoms with Gasteiger partial charge in [-0.3, -0.25) is 9.59 Å². The van der Waals surface area contributed by atoms with Crippen molar-refractivity contribution in [1.82, 2.24) is 4.57 Å². The monoisotopic (exact) mass is 531 g/mol. The molecule has 1 atom stereocenters. The van der Waals surface area contributed by atoms with E-state index in [1.165, 1.54) is 17.7 Å². The number of unbranched alkanes of at least 4 members (excludes halogenated alkanes) is 1. The first-order valence-corrected chi connectivity index (χ1v) is 14.2. The van der Waals surface area contributed by atoms with E-state index in [1.54, 1.807) is 36.4 Å². The van der Waals surface area contributed by atoms with Crippen molar-refractivity contribution in [1.29, 1.82) is 0 Å². The minimum Gasteiger partial charge on any atom is -0.389 e. The summed E-state index contributed by atoms with van der Waals surface area (Å²) in [6, 6.07) is 12.0. The highest BCUT2D eigenvalue weighted by Crippen LogP contribution is 2.27. The first kappa shape index (κ1) is 28.7. The Morgan fingerprint density at radius 3 is 2.54 bits per heavy atom. The molecule has 0 unspecified atom stereocenters. The number of fused-ring (bicyclic) bond motifs is 1. The van der Waals surface area contributed by atoms with Crippen LogP contribution in [0.25, 0.3) is 21.9 Å². The number of sulfone groups is 1. The van der Waals surface area contributed by atoms with Crippen molar-refractivity contribution in [2.75, 3.05) is 26.1 Å². The summed E-state index contributed by atoms with van der Waals surface area (Å²) >= 11 is 0. The van der Waals surface area contributed by atoms with E-state index in [4.69, 9.17) is 4.74 Å². The predicted octanol–water partition coefficient (Wildman–Crippen LogP) is 3.92. The fourth-order valence-electron chi connectivity index (χ4n) is 4.29. The van der Waals surface area contributed by atoms with Gasteiger partial charge in [0.15, 0.2) is 15.6 Å². The van der Waals surface area contributed by atoms with Crippen LogP contribution in [-0.2, 0) is 32.3 Å². The second kappa shape index (κ2) is 12.1. The minimum atomic E-state index is -3.82. The van der Waals surface area contributed by atoms with E-state index in [2.05, 4.69) is 0 Å². The van der Waals surface area contributed by atoms with Gasteiger partial charge in [0.05, 0.1) is 0 Å². The lowest BCUT2D eigenvalue weighted by Crippen LogP contribution is -2.46. The van der Waals surface area contributed by atoms with E-state index in [9.17, 15) is 27.5 Å². The molecule has 3 aromatic rings. The first-order valence-electron chi connectivity index (χ1n) is 12.4. The van der Waals surface area contributed by atoms with Gasteiger partial charge in [0.1, 0.15) is 17.2 Å². The number of halogens is 1. The van der Waals surface area contributed by atoms with Crippen LogP contribution >= 0.6 is 0 Å². The average molecular weight is 532 g/mol. The summed E-state index contributed by atoms with van der Waals surface area (Å²) in [5, 5.41) is 10.3. The second-order valence-electron chi connectivity index (χ2n) is 9.42. The molecule has 0 saturated carbocycles. The van der Waals surface area contributed by atoms with Gasteiger partial charge in [-0.25, -0.2) is 12.8 Å². The number of ether oxygens (including phenoxy) is 1. The van der Waals surface area contributed by atoms with Crippen molar-refractivity contribution < 1.29 is 27.4 Å². The van der Waals surface area contributed by atoms with Crippen LogP contribution in [0.15, 0.2) is 53.5 Å². The van der Waals surface area contributed by atoms with Gasteiger partial charge in [-0.2, -0.15) is 0 Å². The predicted molar refractivity (Wildman–Crippen MR) is 143 cm³/mol. The Kier molecular flexibility index (Phi) is 9.39. The lowest BCUT2D eigenvalue weighted by Gasteiger charge is -2.25. The number of nitrogens with zero attached hydrogens (tertiary/aromatic N) is 1. The number of aliphatic hydroxyl groups is 1. The molecule has 0 aliphatic carbocycles. The van der Waals surface area contributed by atoms with Crippen LogP contribution in [0.2, 0.25) is 0 Å². The van der Waals surface area contributed by atoms with Gasteiger partial charge in [-0.1, -0.05) is 18.2 Å². The standard InChI is InChI=1S/C28H34FNO6S/c1-4-36-16-6-5-7-20-8-10-23(25(29)17-20)21-9-11-24-22(18-21)12-14-30(27(24)33)15-13-28(2,26(32)19-31)37(3,34)35/h8-12,14,17-18,31H,4-7,13,15-16,19H2,1-3H3/t28-/m1/s1. The number of Topliss-reactive ketones (excluding diaryl/α,β-unsaturated/α-hetero) is 1. The van der Waals surface area contributed by atoms with Gasteiger partial charge >= 0.3 is 0 Å². The smallest absolute Gasteiger partial charge is 0.258 e. The fourth-order valence-corrected chi connectivity index (χ4v) is 5.23. The average Bonchev–Trinajstić information content (AvgIpc) is 2.86. The van der Waals surface area contributed by atoms with Gasteiger partial charge in [-0.05, 0) is 80.3 Å². The highest BCUT2D eigenvalue weighted by atomic mass is 32.2. The molecule has 0 amide bonds. The first-order chi connectivity index (χ1) is 17.5. The molecule has 1 heterocycles. The minimum absolute atomic E-state index is 0.0213. The van der Waals surface area contributed by atoms with E-state index in [0.29, 0.717) is 35.1 Å². The number of pyridine rings is 1. The molecule has 37 heavy (non-hydrogen) atoms. The van der Waals surface area contributed by atoms with Crippen molar-refractivity contribution in [3.05, 3.63) is 70.4 Å². The van der Waals surface area contributed by atoms with E-state index in [0.717, 1.165) is 31.1 Å². The Labute approximate surface area is 216 Å². The summed E-state index contributed by atoms with van der Waals surface area (Å²) < 4.78 is 44.3. The molecule has 1 N–H and O–H groups in total. The third-order valence-corrected chi connectivity index (χ3v) is 8.98. The maximum atomic E-state index is 14.9. The van der Waals surface area contributed by atoms with Crippen molar-refractivity contribution in [3.63, 3.8) is 0 Å². The van der Waals surface area contributed by atoms with Crippen molar-refractivity contribution in [2.24, 2.45) is 0 Å². The van der Waals surface area contributed by atoms with Crippen LogP contribution in [0, 0.1) is 5.82 Å². The topological polar surface area (TPSA) is 103 Å². The van der Waals surface area contributed by atoms with Crippen molar-refractivity contribution in [3.8, 4) is 11.1 Å². The zero-order chi connectivity index (χ0) is 27.2. The number of carbonyl (C=O) groups excluding carboxylic acids is 1. The van der Waals surface area contributed by atoms with Crippen molar-refractivity contribution >= 4 is 26.4 Å². The molecular formula is C28H34FNO6S. The van der Waals surface area contributed by atoms with Crippen LogP contribution in [0.3, 0.4) is 0 Å². The third-order valence-electron chi connectivity index (χ3n) is 6.91. The molecule has 9 heteroatoms. The van der Waals surface area contributed by atoms with Crippen LogP contribution in [-0.4, -0.2) is 54.7 Å². The Morgan fingerprint density at radius 1 is 1.14 bits per heavy atom. The van der Waals surface area contributed by atoms with Crippen molar-refractivity contribution in [2.45, 2.75) is 50.8 Å². The number of hydrogen-bond donors (Lipinski definition) is 1. The number of ketones is 1. The molecule has 3 rings (SSSR count). The Morgan fingerprint density at radius 2 is 1.89 bits per heavy atom. The molecule has 0 spiro atoms. The van der Waals surface area contributed by atoms with Gasteiger partial charge in [0.25, 0.3) is 5.56 Å². The Bertz CT molecular complexity index is 1430. The third kappa shape index (κ3) is 6.52. The van der Waals surface area contributed by atoms with Crippen LogP contribution < -0.4 is 5.56 Å². The largest absolute Gasteiger partial charge is 0.389 e. The summed E-state index contributed by atoms with van der Waals surface area (Å²) in [4.78, 5) is 25.2. The second-order valence-corrected chi connectivity index (χ2v) is 11.9. The molecule has 1 aromatic heterocycles. The zero-order valence-electron chi connectivity index (χ0n) is 21.5. The summed E-state index contributed by atoms with van der Waals surface area (Å²) in [5.41, 5.74) is 1.65. The van der Waals surface area contributed by atoms with E-state index in [-0.39, 0.29) is 24.3 Å². The highest BCUT2D eigenvalue weighted by molar-refractivity contribution is 7.92. The quantitative estimate of drug-likeness (QED) is 0.336. The Hall–Kier alpha value is -2.88. The zero-order valence-corrected chi connectivity index (χ0v) is 22.3. The number of aryl methyl sites for hydroxylation is 2. The van der Waals surface area contributed by atoms with Gasteiger partial charge in [0, 0.05) is 43.2 Å². The van der Waals surface area contributed by atoms with Crippen LogP contribution in [0.1, 0.15) is 38.7 Å². The summed E-state index contributed by atoms with van der Waals surface area (Å²) in [6.07, 6.45) is 4.92. The molecule has 200 valence electrons. The maximum Gasteiger partial charge on any atom is 0.258 e. The van der Waals surface area contributed by atoms with E-state index < -0.39 is 27.0 Å². The fraction of sp³-hybridized carbons (Fsp3) is 0.429. The summed E-state index contributed by atoms with van der Waals surface area (Å²) in [7, 11) is -3.82. The molecular weight excluding hydrogens is 497 g/mol. The number of benzene rings is 2. The number of hydrogen-bond acceptors (Lipinski definition) is 6. The lowest BCUT2D eigenvalue weighted by molar-refractivity contribution is -0.124. The molecule has 0 fully saturated rings. The van der Waals surface area contributed by atoms with E-state index >= 15 is 0 Å². The SMILES string of the molecule is CCOCCCCc1ccc(-c2ccc3c(=O)n(CC[C@](C)(C(=O)CO)S(C)(=O)=O)ccc3c2)c(F)c1. The van der Waals surface area contributed by atoms with E-state index in [1.807, 2.05) is 13.0 Å². The molecule has 7 nitrogen and oxygen atoms in total. The molecule has 0 aliphatic heterocycles. The summed E-state index contributed by atoms with van der Waals surface area (Å²) in [5.74, 6) is -1.14. The number of aliphatic hydroxyl groups excluding tert-OH is 1. The lowest BCUT2D eigenvalue weighted by atomic mass is 9.98. The van der Waals surface area contributed by atoms with Crippen LogP contribution in [0.5, 0.6) is 0 Å². The molecule has 0 saturated heterocycles. The number of aromatic nitrogens is 1. The molecule has 0 aliphatic rings.